The largest absolute Gasteiger partial charge is 0.356 e. The van der Waals surface area contributed by atoms with Crippen molar-refractivity contribution in [3.8, 4) is 5.69 Å². The van der Waals surface area contributed by atoms with Crippen molar-refractivity contribution in [3.63, 3.8) is 0 Å². The molecule has 1 atom stereocenters. The molecule has 0 saturated carbocycles. The van der Waals surface area contributed by atoms with Gasteiger partial charge in [0.25, 0.3) is 0 Å². The van der Waals surface area contributed by atoms with E-state index in [0.29, 0.717) is 24.9 Å². The molecule has 7 nitrogen and oxygen atoms in total. The molecule has 1 amide bonds. The van der Waals surface area contributed by atoms with Crippen molar-refractivity contribution in [2.75, 3.05) is 20.1 Å². The zero-order valence-corrected chi connectivity index (χ0v) is 21.3. The number of amides is 1. The molecule has 0 spiro atoms. The Kier molecular flexibility index (Phi) is 9.80. The van der Waals surface area contributed by atoms with Crippen LogP contribution < -0.4 is 10.6 Å². The fourth-order valence-corrected chi connectivity index (χ4v) is 4.13. The van der Waals surface area contributed by atoms with Crippen LogP contribution in [0.15, 0.2) is 35.3 Å². The molecule has 1 aliphatic heterocycles. The Hall–Kier alpha value is -2.10. The van der Waals surface area contributed by atoms with Crippen LogP contribution in [0.25, 0.3) is 5.69 Å². The molecule has 2 aromatic rings. The topological polar surface area (TPSA) is 74.6 Å². The molecule has 1 aliphatic rings. The monoisotopic (exact) mass is 538 g/mol. The van der Waals surface area contributed by atoms with Gasteiger partial charge in [0.2, 0.25) is 5.91 Å². The first-order chi connectivity index (χ1) is 14.5. The van der Waals surface area contributed by atoms with Gasteiger partial charge in [0.05, 0.1) is 11.4 Å². The predicted octanol–water partition coefficient (Wildman–Crippen LogP) is 3.56. The van der Waals surface area contributed by atoms with E-state index in [2.05, 4.69) is 52.8 Å². The van der Waals surface area contributed by atoms with Crippen LogP contribution in [0.5, 0.6) is 0 Å². The van der Waals surface area contributed by atoms with Gasteiger partial charge in [-0.3, -0.25) is 9.79 Å². The Morgan fingerprint density at radius 3 is 2.65 bits per heavy atom. The molecule has 1 saturated heterocycles. The predicted molar refractivity (Wildman–Crippen MR) is 136 cm³/mol. The molecule has 1 aromatic carbocycles. The molecule has 2 heterocycles. The zero-order valence-electron chi connectivity index (χ0n) is 19.0. The molecule has 1 fully saturated rings. The van der Waals surface area contributed by atoms with Gasteiger partial charge in [-0.25, -0.2) is 4.68 Å². The van der Waals surface area contributed by atoms with E-state index in [1.807, 2.05) is 28.6 Å². The van der Waals surface area contributed by atoms with E-state index in [9.17, 15) is 4.79 Å². The summed E-state index contributed by atoms with van der Waals surface area (Å²) in [5, 5.41) is 11.4. The second-order valence-corrected chi connectivity index (χ2v) is 7.86. The van der Waals surface area contributed by atoms with Crippen LogP contribution in [0.1, 0.15) is 49.6 Å². The van der Waals surface area contributed by atoms with Crippen LogP contribution in [0, 0.1) is 13.8 Å². The summed E-state index contributed by atoms with van der Waals surface area (Å²) in [5.74, 6) is 1.06. The minimum atomic E-state index is 0. The Bertz CT molecular complexity index is 894. The average molecular weight is 538 g/mol. The van der Waals surface area contributed by atoms with Gasteiger partial charge in [-0.2, -0.15) is 5.10 Å². The second kappa shape index (κ2) is 12.1. The van der Waals surface area contributed by atoms with Gasteiger partial charge in [0, 0.05) is 44.8 Å². The van der Waals surface area contributed by atoms with Crippen molar-refractivity contribution in [2.24, 2.45) is 4.99 Å². The highest BCUT2D eigenvalue weighted by Crippen LogP contribution is 2.18. The van der Waals surface area contributed by atoms with Crippen molar-refractivity contribution >= 4 is 35.8 Å². The lowest BCUT2D eigenvalue weighted by atomic mass is 10.1. The van der Waals surface area contributed by atoms with Gasteiger partial charge < -0.3 is 15.5 Å². The number of guanidine groups is 1. The Morgan fingerprint density at radius 1 is 1.26 bits per heavy atom. The lowest BCUT2D eigenvalue weighted by Gasteiger charge is -2.27. The van der Waals surface area contributed by atoms with E-state index < -0.39 is 0 Å². The van der Waals surface area contributed by atoms with Gasteiger partial charge in [-0.05, 0) is 50.8 Å². The number of nitrogens with one attached hydrogen (secondary N) is 2. The number of halogens is 1. The first-order valence-electron chi connectivity index (χ1n) is 10.9. The van der Waals surface area contributed by atoms with E-state index in [0.717, 1.165) is 61.0 Å². The van der Waals surface area contributed by atoms with Gasteiger partial charge in [0.1, 0.15) is 0 Å². The molecule has 0 radical (unpaired) electrons. The summed E-state index contributed by atoms with van der Waals surface area (Å²) in [4.78, 5) is 18.4. The van der Waals surface area contributed by atoms with Crippen LogP contribution in [0.3, 0.4) is 0 Å². The van der Waals surface area contributed by atoms with E-state index in [-0.39, 0.29) is 24.0 Å². The summed E-state index contributed by atoms with van der Waals surface area (Å²) >= 11 is 0. The van der Waals surface area contributed by atoms with Gasteiger partial charge in [-0.1, -0.05) is 25.1 Å². The number of aryl methyl sites for hydroxylation is 2. The zero-order chi connectivity index (χ0) is 21.5. The number of rotatable bonds is 8. The SMILES string of the molecule is CCC(CCNC(=NC)NCc1ccccc1-n1nc(C)cc1C)N1CCCC1=O.I. The van der Waals surface area contributed by atoms with Crippen LogP contribution in [-0.4, -0.2) is 52.7 Å². The third-order valence-corrected chi connectivity index (χ3v) is 5.69. The summed E-state index contributed by atoms with van der Waals surface area (Å²) in [7, 11) is 1.78. The maximum absolute atomic E-state index is 12.0. The Balaban J connectivity index is 0.00000341. The van der Waals surface area contributed by atoms with Crippen LogP contribution >= 0.6 is 24.0 Å². The van der Waals surface area contributed by atoms with Crippen LogP contribution in [0.4, 0.5) is 0 Å². The molecule has 170 valence electrons. The molecular formula is C23H35IN6O. The number of hydrogen-bond acceptors (Lipinski definition) is 3. The van der Waals surface area contributed by atoms with Crippen molar-refractivity contribution in [1.29, 1.82) is 0 Å². The van der Waals surface area contributed by atoms with E-state index >= 15 is 0 Å². The fourth-order valence-electron chi connectivity index (χ4n) is 4.13. The molecule has 0 bridgehead atoms. The average Bonchev–Trinajstić information content (AvgIpc) is 3.32. The maximum atomic E-state index is 12.0. The number of para-hydroxylation sites is 1. The second-order valence-electron chi connectivity index (χ2n) is 7.86. The summed E-state index contributed by atoms with van der Waals surface area (Å²) < 4.78 is 1.99. The van der Waals surface area contributed by atoms with Crippen molar-refractivity contribution in [2.45, 2.75) is 59.0 Å². The lowest BCUT2D eigenvalue weighted by Crippen LogP contribution is -2.41. The van der Waals surface area contributed by atoms with E-state index in [1.54, 1.807) is 7.05 Å². The number of nitrogens with zero attached hydrogens (tertiary/aromatic N) is 4. The van der Waals surface area contributed by atoms with Gasteiger partial charge >= 0.3 is 0 Å². The minimum absolute atomic E-state index is 0. The molecule has 1 unspecified atom stereocenters. The number of aromatic nitrogens is 2. The first kappa shape index (κ1) is 25.2. The van der Waals surface area contributed by atoms with E-state index in [1.165, 1.54) is 0 Å². The molecule has 0 aliphatic carbocycles. The summed E-state index contributed by atoms with van der Waals surface area (Å²) in [6, 6.07) is 10.7. The van der Waals surface area contributed by atoms with Crippen LogP contribution in [-0.2, 0) is 11.3 Å². The number of carbonyl (C=O) groups excluding carboxylic acids is 1. The van der Waals surface area contributed by atoms with Crippen molar-refractivity contribution in [3.05, 3.63) is 47.3 Å². The standard InChI is InChI=1S/C23H34N6O.HI/c1-5-20(28-14-8-11-22(28)30)12-13-25-23(24-4)26-16-19-9-6-7-10-21(19)29-18(3)15-17(2)27-29;/h6-7,9-10,15,20H,5,8,11-14,16H2,1-4H3,(H2,24,25,26);1H. The normalized spacial score (nSPS) is 15.0. The fraction of sp³-hybridized carbons (Fsp3) is 0.522. The molecule has 2 N–H and O–H groups in total. The number of aliphatic imine (C=N–C) groups is 1. The lowest BCUT2D eigenvalue weighted by molar-refractivity contribution is -0.129. The quantitative estimate of drug-likeness (QED) is 0.306. The molecule has 8 heteroatoms. The molecule has 3 rings (SSSR count). The minimum Gasteiger partial charge on any atom is -0.356 e. The Morgan fingerprint density at radius 2 is 2.03 bits per heavy atom. The highest BCUT2D eigenvalue weighted by molar-refractivity contribution is 14.0. The maximum Gasteiger partial charge on any atom is 0.222 e. The van der Waals surface area contributed by atoms with Gasteiger partial charge in [0.15, 0.2) is 5.96 Å². The number of likely N-dealkylation sites (tertiary alicyclic amines) is 1. The summed E-state index contributed by atoms with van der Waals surface area (Å²) in [6.45, 7) is 8.55. The summed E-state index contributed by atoms with van der Waals surface area (Å²) in [5.41, 5.74) is 4.35. The number of benzene rings is 1. The molecular weight excluding hydrogens is 503 g/mol. The highest BCUT2D eigenvalue weighted by Gasteiger charge is 2.26. The van der Waals surface area contributed by atoms with Crippen molar-refractivity contribution < 1.29 is 4.79 Å². The number of hydrogen-bond donors (Lipinski definition) is 2. The third-order valence-electron chi connectivity index (χ3n) is 5.69. The smallest absolute Gasteiger partial charge is 0.222 e. The van der Waals surface area contributed by atoms with Crippen molar-refractivity contribution in [1.82, 2.24) is 25.3 Å². The number of carbonyl (C=O) groups is 1. The summed E-state index contributed by atoms with van der Waals surface area (Å²) in [6.07, 6.45) is 3.59. The highest BCUT2D eigenvalue weighted by atomic mass is 127. The van der Waals surface area contributed by atoms with Gasteiger partial charge in [-0.15, -0.1) is 24.0 Å². The van der Waals surface area contributed by atoms with E-state index in [4.69, 9.17) is 0 Å². The van der Waals surface area contributed by atoms with Crippen LogP contribution in [0.2, 0.25) is 0 Å². The molecule has 31 heavy (non-hydrogen) atoms. The first-order valence-corrected chi connectivity index (χ1v) is 10.9. The third kappa shape index (κ3) is 6.44. The Labute approximate surface area is 202 Å². The molecule has 1 aromatic heterocycles.